The molecule has 1 amide bonds. The molecule has 1 N–H and O–H groups in total. The van der Waals surface area contributed by atoms with E-state index in [4.69, 9.17) is 0 Å². The molecule has 2 heterocycles. The highest BCUT2D eigenvalue weighted by molar-refractivity contribution is 5.82. The lowest BCUT2D eigenvalue weighted by molar-refractivity contribution is -0.135. The van der Waals surface area contributed by atoms with Crippen LogP contribution in [0.15, 0.2) is 30.3 Å². The molecule has 1 atom stereocenters. The zero-order valence-corrected chi connectivity index (χ0v) is 14.2. The monoisotopic (exact) mass is 315 g/mol. The van der Waals surface area contributed by atoms with Crippen molar-refractivity contribution in [2.75, 3.05) is 26.7 Å². The summed E-state index contributed by atoms with van der Waals surface area (Å²) in [5.41, 5.74) is 1.38. The Hall–Kier alpha value is -1.39. The highest BCUT2D eigenvalue weighted by Gasteiger charge is 2.30. The summed E-state index contributed by atoms with van der Waals surface area (Å²) in [7, 11) is 2.00. The average molecular weight is 315 g/mol. The predicted molar refractivity (Wildman–Crippen MR) is 93.2 cm³/mol. The van der Waals surface area contributed by atoms with Crippen molar-refractivity contribution in [1.82, 2.24) is 15.1 Å². The molecule has 0 unspecified atom stereocenters. The molecule has 23 heavy (non-hydrogen) atoms. The maximum absolute atomic E-state index is 12.6. The van der Waals surface area contributed by atoms with Gasteiger partial charge in [0.25, 0.3) is 0 Å². The van der Waals surface area contributed by atoms with Crippen molar-refractivity contribution in [2.45, 2.75) is 50.7 Å². The summed E-state index contributed by atoms with van der Waals surface area (Å²) in [6.45, 7) is 4.17. The van der Waals surface area contributed by atoms with Crippen LogP contribution in [0.5, 0.6) is 0 Å². The van der Waals surface area contributed by atoms with Crippen molar-refractivity contribution in [3.05, 3.63) is 35.9 Å². The second-order valence-electron chi connectivity index (χ2n) is 6.94. The van der Waals surface area contributed by atoms with Crippen molar-refractivity contribution < 1.29 is 4.79 Å². The van der Waals surface area contributed by atoms with E-state index in [2.05, 4.69) is 40.5 Å². The van der Waals surface area contributed by atoms with Crippen molar-refractivity contribution in [3.63, 3.8) is 0 Å². The van der Waals surface area contributed by atoms with Crippen LogP contribution in [-0.2, 0) is 11.3 Å². The normalized spacial score (nSPS) is 23.6. The third kappa shape index (κ3) is 4.33. The molecule has 3 rings (SSSR count). The molecule has 1 aromatic rings. The fourth-order valence-corrected chi connectivity index (χ4v) is 3.79. The zero-order valence-electron chi connectivity index (χ0n) is 14.2. The van der Waals surface area contributed by atoms with Crippen LogP contribution in [-0.4, -0.2) is 54.5 Å². The van der Waals surface area contributed by atoms with Gasteiger partial charge in [-0.25, -0.2) is 0 Å². The molecule has 4 heteroatoms. The summed E-state index contributed by atoms with van der Waals surface area (Å²) in [4.78, 5) is 17.1. The van der Waals surface area contributed by atoms with Gasteiger partial charge < -0.3 is 10.2 Å². The lowest BCUT2D eigenvalue weighted by Gasteiger charge is -2.38. The largest absolute Gasteiger partial charge is 0.341 e. The van der Waals surface area contributed by atoms with E-state index in [0.717, 1.165) is 45.4 Å². The topological polar surface area (TPSA) is 35.6 Å². The maximum Gasteiger partial charge on any atom is 0.239 e. The number of rotatable bonds is 4. The van der Waals surface area contributed by atoms with Crippen LogP contribution in [0, 0.1) is 0 Å². The minimum Gasteiger partial charge on any atom is -0.341 e. The summed E-state index contributed by atoms with van der Waals surface area (Å²) in [6, 6.07) is 11.1. The van der Waals surface area contributed by atoms with E-state index >= 15 is 0 Å². The highest BCUT2D eigenvalue weighted by Crippen LogP contribution is 2.19. The number of amides is 1. The molecule has 2 saturated heterocycles. The average Bonchev–Trinajstić information content (AvgIpc) is 2.63. The third-order valence-electron chi connectivity index (χ3n) is 5.31. The van der Waals surface area contributed by atoms with Crippen molar-refractivity contribution in [1.29, 1.82) is 0 Å². The fraction of sp³-hybridized carbons (Fsp3) is 0.632. The quantitative estimate of drug-likeness (QED) is 0.926. The number of carbonyl (C=O) groups excluding carboxylic acids is 1. The van der Waals surface area contributed by atoms with Crippen molar-refractivity contribution in [2.24, 2.45) is 0 Å². The van der Waals surface area contributed by atoms with E-state index in [-0.39, 0.29) is 6.04 Å². The maximum atomic E-state index is 12.6. The minimum atomic E-state index is 0.0519. The number of benzene rings is 1. The molecule has 0 bridgehead atoms. The summed E-state index contributed by atoms with van der Waals surface area (Å²) < 4.78 is 0. The van der Waals surface area contributed by atoms with Crippen molar-refractivity contribution in [3.8, 4) is 0 Å². The molecule has 0 radical (unpaired) electrons. The van der Waals surface area contributed by atoms with E-state index in [0.29, 0.717) is 11.9 Å². The summed E-state index contributed by atoms with van der Waals surface area (Å²) in [5, 5.41) is 3.38. The van der Waals surface area contributed by atoms with Crippen molar-refractivity contribution >= 4 is 5.91 Å². The summed E-state index contributed by atoms with van der Waals surface area (Å²) >= 11 is 0. The first-order valence-corrected chi connectivity index (χ1v) is 9.00. The smallest absolute Gasteiger partial charge is 0.239 e. The van der Waals surface area contributed by atoms with Crippen LogP contribution in [0.3, 0.4) is 0 Å². The SMILES string of the molecule is CN(C(=O)[C@@H]1CCCCN1)C1CCN(Cc2ccccc2)CC1. The van der Waals surface area contributed by atoms with Crippen LogP contribution in [0.1, 0.15) is 37.7 Å². The Morgan fingerprint density at radius 3 is 2.57 bits per heavy atom. The summed E-state index contributed by atoms with van der Waals surface area (Å²) in [5.74, 6) is 0.297. The number of hydrogen-bond acceptors (Lipinski definition) is 3. The van der Waals surface area contributed by atoms with Gasteiger partial charge in [0.15, 0.2) is 0 Å². The van der Waals surface area contributed by atoms with E-state index < -0.39 is 0 Å². The van der Waals surface area contributed by atoms with Gasteiger partial charge in [0.05, 0.1) is 6.04 Å². The van der Waals surface area contributed by atoms with Gasteiger partial charge in [-0.1, -0.05) is 36.8 Å². The Kier molecular flexibility index (Phi) is 5.68. The molecule has 126 valence electrons. The molecule has 0 aromatic heterocycles. The fourth-order valence-electron chi connectivity index (χ4n) is 3.79. The molecule has 1 aromatic carbocycles. The van der Waals surface area contributed by atoms with Gasteiger partial charge in [0.1, 0.15) is 0 Å². The number of piperidine rings is 2. The van der Waals surface area contributed by atoms with Crippen LogP contribution in [0.4, 0.5) is 0 Å². The lowest BCUT2D eigenvalue weighted by atomic mass is 9.99. The van der Waals surface area contributed by atoms with Crippen LogP contribution < -0.4 is 5.32 Å². The second-order valence-corrected chi connectivity index (χ2v) is 6.94. The summed E-state index contributed by atoms with van der Waals surface area (Å²) in [6.07, 6.45) is 5.54. The number of carbonyl (C=O) groups is 1. The molecule has 2 fully saturated rings. The standard InChI is InChI=1S/C19H29N3O/c1-21(19(23)18-9-5-6-12-20-18)17-10-13-22(14-11-17)15-16-7-3-2-4-8-16/h2-4,7-8,17-18,20H,5-6,9-15H2,1H3/t18-/m0/s1. The number of likely N-dealkylation sites (N-methyl/N-ethyl adjacent to an activating group) is 1. The Labute approximate surface area is 139 Å². The molecule has 4 nitrogen and oxygen atoms in total. The van der Waals surface area contributed by atoms with E-state index in [9.17, 15) is 4.79 Å². The molecule has 2 aliphatic heterocycles. The minimum absolute atomic E-state index is 0.0519. The molecular formula is C19H29N3O. The predicted octanol–water partition coefficient (Wildman–Crippen LogP) is 2.25. The first-order valence-electron chi connectivity index (χ1n) is 9.00. The molecule has 2 aliphatic rings. The lowest BCUT2D eigenvalue weighted by Crippen LogP contribution is -2.52. The Morgan fingerprint density at radius 1 is 1.17 bits per heavy atom. The third-order valence-corrected chi connectivity index (χ3v) is 5.31. The van der Waals surface area contributed by atoms with Crippen LogP contribution in [0.2, 0.25) is 0 Å². The van der Waals surface area contributed by atoms with Gasteiger partial charge in [0, 0.05) is 32.7 Å². The van der Waals surface area contributed by atoms with Gasteiger partial charge in [0.2, 0.25) is 5.91 Å². The van der Waals surface area contributed by atoms with Gasteiger partial charge in [-0.15, -0.1) is 0 Å². The second kappa shape index (κ2) is 7.93. The molecule has 0 aliphatic carbocycles. The van der Waals surface area contributed by atoms with Gasteiger partial charge in [-0.2, -0.15) is 0 Å². The van der Waals surface area contributed by atoms with Gasteiger partial charge >= 0.3 is 0 Å². The Bertz CT molecular complexity index is 491. The highest BCUT2D eigenvalue weighted by atomic mass is 16.2. The van der Waals surface area contributed by atoms with Crippen LogP contribution in [0.25, 0.3) is 0 Å². The Balaban J connectivity index is 1.47. The van der Waals surface area contributed by atoms with Gasteiger partial charge in [-0.05, 0) is 37.8 Å². The Morgan fingerprint density at radius 2 is 1.91 bits per heavy atom. The van der Waals surface area contributed by atoms with Crippen LogP contribution >= 0.6 is 0 Å². The number of nitrogens with zero attached hydrogens (tertiary/aromatic N) is 2. The van der Waals surface area contributed by atoms with E-state index in [1.54, 1.807) is 0 Å². The first kappa shape index (κ1) is 16.5. The first-order chi connectivity index (χ1) is 11.2. The number of nitrogens with one attached hydrogen (secondary N) is 1. The molecular weight excluding hydrogens is 286 g/mol. The molecule has 0 saturated carbocycles. The van der Waals surface area contributed by atoms with E-state index in [1.807, 2.05) is 11.9 Å². The number of likely N-dealkylation sites (tertiary alicyclic amines) is 1. The van der Waals surface area contributed by atoms with Gasteiger partial charge in [-0.3, -0.25) is 9.69 Å². The zero-order chi connectivity index (χ0) is 16.1. The number of hydrogen-bond donors (Lipinski definition) is 1. The van der Waals surface area contributed by atoms with E-state index in [1.165, 1.54) is 18.4 Å². The molecule has 0 spiro atoms.